The molecule has 0 saturated carbocycles. The molecule has 2 rings (SSSR count). The summed E-state index contributed by atoms with van der Waals surface area (Å²) in [7, 11) is 0. The highest BCUT2D eigenvalue weighted by molar-refractivity contribution is 5.66. The Morgan fingerprint density at radius 2 is 1.22 bits per heavy atom. The van der Waals surface area contributed by atoms with Gasteiger partial charge in [0.25, 0.3) is 0 Å². The van der Waals surface area contributed by atoms with E-state index in [0.717, 1.165) is 11.1 Å². The third kappa shape index (κ3) is 3.16. The van der Waals surface area contributed by atoms with Gasteiger partial charge >= 0.3 is 6.36 Å². The number of nitrogens with two attached hydrogens (primary N) is 1. The molecule has 18 heavy (non-hydrogen) atoms. The summed E-state index contributed by atoms with van der Waals surface area (Å²) < 4.78 is 39.7. The number of hydrogen-bond acceptors (Lipinski definition) is 2. The molecule has 0 radical (unpaired) electrons. The summed E-state index contributed by atoms with van der Waals surface area (Å²) in [4.78, 5) is 0. The molecule has 0 aliphatic carbocycles. The van der Waals surface area contributed by atoms with Crippen molar-refractivity contribution in [3.05, 3.63) is 48.5 Å². The van der Waals surface area contributed by atoms with Crippen LogP contribution < -0.4 is 10.5 Å². The SMILES string of the molecule is Nc1ccc(-c2ccc(OC(F)(F)F)cc2)cc1. The Hall–Kier alpha value is -2.17. The monoisotopic (exact) mass is 253 g/mol. The van der Waals surface area contributed by atoms with Crippen molar-refractivity contribution < 1.29 is 17.9 Å². The summed E-state index contributed by atoms with van der Waals surface area (Å²) in [6.07, 6.45) is -4.66. The molecule has 0 unspecified atom stereocenters. The van der Waals surface area contributed by atoms with Crippen LogP contribution >= 0.6 is 0 Å². The predicted molar refractivity (Wildman–Crippen MR) is 63.0 cm³/mol. The zero-order valence-corrected chi connectivity index (χ0v) is 9.24. The molecule has 0 bridgehead atoms. The highest BCUT2D eigenvalue weighted by Gasteiger charge is 2.30. The summed E-state index contributed by atoms with van der Waals surface area (Å²) in [6, 6.07) is 12.7. The van der Waals surface area contributed by atoms with Crippen molar-refractivity contribution in [3.63, 3.8) is 0 Å². The van der Waals surface area contributed by atoms with Crippen LogP contribution in [0.5, 0.6) is 5.75 Å². The third-order valence-corrected chi connectivity index (χ3v) is 2.33. The molecule has 0 atom stereocenters. The third-order valence-electron chi connectivity index (χ3n) is 2.33. The summed E-state index contributed by atoms with van der Waals surface area (Å²) in [6.45, 7) is 0. The number of hydrogen-bond donors (Lipinski definition) is 1. The fourth-order valence-electron chi connectivity index (χ4n) is 1.52. The molecule has 0 amide bonds. The van der Waals surface area contributed by atoms with Gasteiger partial charge in [0, 0.05) is 5.69 Å². The van der Waals surface area contributed by atoms with Crippen LogP contribution in [0.25, 0.3) is 11.1 Å². The van der Waals surface area contributed by atoms with Gasteiger partial charge in [0.05, 0.1) is 0 Å². The van der Waals surface area contributed by atoms with Crippen molar-refractivity contribution in [3.8, 4) is 16.9 Å². The average molecular weight is 253 g/mol. The molecule has 0 spiro atoms. The molecule has 2 aromatic carbocycles. The van der Waals surface area contributed by atoms with E-state index in [-0.39, 0.29) is 5.75 Å². The van der Waals surface area contributed by atoms with Crippen molar-refractivity contribution in [1.29, 1.82) is 0 Å². The van der Waals surface area contributed by atoms with Crippen LogP contribution in [0.4, 0.5) is 18.9 Å². The second-order valence-electron chi connectivity index (χ2n) is 3.69. The fraction of sp³-hybridized carbons (Fsp3) is 0.0769. The molecule has 2 N–H and O–H groups in total. The summed E-state index contributed by atoms with van der Waals surface area (Å²) in [5.41, 5.74) is 7.86. The molecule has 2 aromatic rings. The molecule has 0 heterocycles. The Balaban J connectivity index is 2.20. The lowest BCUT2D eigenvalue weighted by Crippen LogP contribution is -2.16. The molecule has 5 heteroatoms. The van der Waals surface area contributed by atoms with Gasteiger partial charge in [-0.05, 0) is 35.4 Å². The molecule has 0 saturated heterocycles. The quantitative estimate of drug-likeness (QED) is 0.825. The van der Waals surface area contributed by atoms with E-state index in [9.17, 15) is 13.2 Å². The number of halogens is 3. The van der Waals surface area contributed by atoms with Gasteiger partial charge in [0.15, 0.2) is 0 Å². The van der Waals surface area contributed by atoms with E-state index in [1.165, 1.54) is 12.1 Å². The van der Waals surface area contributed by atoms with Crippen molar-refractivity contribution in [2.45, 2.75) is 6.36 Å². The van der Waals surface area contributed by atoms with Crippen molar-refractivity contribution in [2.24, 2.45) is 0 Å². The Morgan fingerprint density at radius 3 is 1.67 bits per heavy atom. The van der Waals surface area contributed by atoms with Crippen molar-refractivity contribution >= 4 is 5.69 Å². The lowest BCUT2D eigenvalue weighted by molar-refractivity contribution is -0.274. The van der Waals surface area contributed by atoms with Gasteiger partial charge in [0.2, 0.25) is 0 Å². The topological polar surface area (TPSA) is 35.2 Å². The van der Waals surface area contributed by atoms with E-state index in [0.29, 0.717) is 5.69 Å². The zero-order chi connectivity index (χ0) is 13.2. The number of anilines is 1. The Labute approximate surface area is 102 Å². The maximum atomic E-state index is 12.0. The average Bonchev–Trinajstić information content (AvgIpc) is 2.29. The van der Waals surface area contributed by atoms with E-state index in [1.807, 2.05) is 0 Å². The first-order chi connectivity index (χ1) is 8.44. The largest absolute Gasteiger partial charge is 0.573 e. The maximum Gasteiger partial charge on any atom is 0.573 e. The maximum absolute atomic E-state index is 12.0. The molecule has 0 fully saturated rings. The normalized spacial score (nSPS) is 11.3. The van der Waals surface area contributed by atoms with Gasteiger partial charge in [-0.25, -0.2) is 0 Å². The van der Waals surface area contributed by atoms with Crippen molar-refractivity contribution in [1.82, 2.24) is 0 Å². The van der Waals surface area contributed by atoms with Crippen LogP contribution in [0.3, 0.4) is 0 Å². The summed E-state index contributed by atoms with van der Waals surface area (Å²) >= 11 is 0. The summed E-state index contributed by atoms with van der Waals surface area (Å²) in [5, 5.41) is 0. The molecular weight excluding hydrogens is 243 g/mol. The van der Waals surface area contributed by atoms with Gasteiger partial charge in [0.1, 0.15) is 5.75 Å². The number of alkyl halides is 3. The molecule has 0 aromatic heterocycles. The summed E-state index contributed by atoms with van der Waals surface area (Å²) in [5.74, 6) is -0.235. The molecule has 2 nitrogen and oxygen atoms in total. The number of benzene rings is 2. The standard InChI is InChI=1S/C13H10F3NO/c14-13(15,16)18-12-7-3-10(4-8-12)9-1-5-11(17)6-2-9/h1-8H,17H2. The van der Waals surface area contributed by atoms with Crippen LogP contribution in [0, 0.1) is 0 Å². The minimum Gasteiger partial charge on any atom is -0.406 e. The first kappa shape index (κ1) is 12.3. The second kappa shape index (κ2) is 4.60. The number of ether oxygens (including phenoxy) is 1. The number of rotatable bonds is 2. The highest BCUT2D eigenvalue weighted by atomic mass is 19.4. The lowest BCUT2D eigenvalue weighted by Gasteiger charge is -2.09. The molecule has 0 aliphatic rings. The van der Waals surface area contributed by atoms with E-state index in [1.54, 1.807) is 36.4 Å². The van der Waals surface area contributed by atoms with Crippen LogP contribution in [0.1, 0.15) is 0 Å². The zero-order valence-electron chi connectivity index (χ0n) is 9.24. The van der Waals surface area contributed by atoms with Gasteiger partial charge in [-0.2, -0.15) is 0 Å². The minimum atomic E-state index is -4.66. The first-order valence-corrected chi connectivity index (χ1v) is 5.16. The predicted octanol–water partition coefficient (Wildman–Crippen LogP) is 3.83. The fourth-order valence-corrected chi connectivity index (χ4v) is 1.52. The van der Waals surface area contributed by atoms with Gasteiger partial charge in [-0.15, -0.1) is 13.2 Å². The minimum absolute atomic E-state index is 0.235. The lowest BCUT2D eigenvalue weighted by atomic mass is 10.1. The number of nitrogen functional groups attached to an aromatic ring is 1. The Kier molecular flexibility index (Phi) is 3.14. The molecule has 0 aliphatic heterocycles. The van der Waals surface area contributed by atoms with Crippen LogP contribution in [-0.4, -0.2) is 6.36 Å². The Morgan fingerprint density at radius 1 is 0.778 bits per heavy atom. The van der Waals surface area contributed by atoms with E-state index in [4.69, 9.17) is 5.73 Å². The van der Waals surface area contributed by atoms with Gasteiger partial charge < -0.3 is 10.5 Å². The van der Waals surface area contributed by atoms with Crippen LogP contribution in [0.2, 0.25) is 0 Å². The van der Waals surface area contributed by atoms with E-state index in [2.05, 4.69) is 4.74 Å². The van der Waals surface area contributed by atoms with Crippen LogP contribution in [0.15, 0.2) is 48.5 Å². The molecule has 94 valence electrons. The first-order valence-electron chi connectivity index (χ1n) is 5.16. The Bertz CT molecular complexity index is 517. The van der Waals surface area contributed by atoms with E-state index >= 15 is 0 Å². The van der Waals surface area contributed by atoms with E-state index < -0.39 is 6.36 Å². The van der Waals surface area contributed by atoms with Crippen molar-refractivity contribution in [2.75, 3.05) is 5.73 Å². The smallest absolute Gasteiger partial charge is 0.406 e. The van der Waals surface area contributed by atoms with Gasteiger partial charge in [-0.1, -0.05) is 24.3 Å². The molecular formula is C13H10F3NO. The van der Waals surface area contributed by atoms with Crippen LogP contribution in [-0.2, 0) is 0 Å². The highest BCUT2D eigenvalue weighted by Crippen LogP contribution is 2.26. The van der Waals surface area contributed by atoms with Gasteiger partial charge in [-0.3, -0.25) is 0 Å². The second-order valence-corrected chi connectivity index (χ2v) is 3.69.